The standard InChI is InChI=1S/C13H18N2O/c1-3-9-4-5-12-10(6-9)11(8-15(12)2)13(16)7-14/h4-6,11H,3,7-8,14H2,1-2H3. The molecule has 1 atom stereocenters. The molecular weight excluding hydrogens is 200 g/mol. The van der Waals surface area contributed by atoms with Gasteiger partial charge >= 0.3 is 0 Å². The maximum absolute atomic E-state index is 11.8. The molecule has 0 spiro atoms. The maximum atomic E-state index is 11.8. The Morgan fingerprint density at radius 1 is 1.56 bits per heavy atom. The van der Waals surface area contributed by atoms with Crippen LogP contribution >= 0.6 is 0 Å². The summed E-state index contributed by atoms with van der Waals surface area (Å²) < 4.78 is 0. The van der Waals surface area contributed by atoms with Crippen molar-refractivity contribution in [2.45, 2.75) is 19.3 Å². The van der Waals surface area contributed by atoms with Crippen molar-refractivity contribution >= 4 is 11.5 Å². The van der Waals surface area contributed by atoms with Crippen LogP contribution in [0.5, 0.6) is 0 Å². The van der Waals surface area contributed by atoms with E-state index < -0.39 is 0 Å². The number of benzene rings is 1. The molecule has 86 valence electrons. The SMILES string of the molecule is CCc1ccc2c(c1)C(C(=O)CN)CN2C. The van der Waals surface area contributed by atoms with Gasteiger partial charge in [-0.2, -0.15) is 0 Å². The predicted octanol–water partition coefficient (Wildman–Crippen LogP) is 1.31. The second-order valence-corrected chi connectivity index (χ2v) is 4.35. The van der Waals surface area contributed by atoms with Gasteiger partial charge in [-0.1, -0.05) is 19.1 Å². The number of likely N-dealkylation sites (N-methyl/N-ethyl adjacent to an activating group) is 1. The summed E-state index contributed by atoms with van der Waals surface area (Å²) in [5, 5.41) is 0. The molecule has 0 aliphatic carbocycles. The highest BCUT2D eigenvalue weighted by molar-refractivity contribution is 5.91. The first kappa shape index (κ1) is 11.1. The summed E-state index contributed by atoms with van der Waals surface area (Å²) in [6.45, 7) is 3.02. The first-order valence-corrected chi connectivity index (χ1v) is 5.74. The van der Waals surface area contributed by atoms with Crippen LogP contribution in [0.3, 0.4) is 0 Å². The van der Waals surface area contributed by atoms with Gasteiger partial charge in [0.05, 0.1) is 12.5 Å². The van der Waals surface area contributed by atoms with Gasteiger partial charge in [-0.3, -0.25) is 4.79 Å². The van der Waals surface area contributed by atoms with E-state index in [9.17, 15) is 4.79 Å². The molecule has 0 amide bonds. The highest BCUT2D eigenvalue weighted by Crippen LogP contribution is 2.36. The summed E-state index contributed by atoms with van der Waals surface area (Å²) in [4.78, 5) is 13.9. The lowest BCUT2D eigenvalue weighted by atomic mass is 9.95. The van der Waals surface area contributed by atoms with Gasteiger partial charge in [0, 0.05) is 19.3 Å². The molecule has 2 N–H and O–H groups in total. The Labute approximate surface area is 96.2 Å². The van der Waals surface area contributed by atoms with Gasteiger partial charge in [0.1, 0.15) is 0 Å². The van der Waals surface area contributed by atoms with Crippen LogP contribution in [0.2, 0.25) is 0 Å². The molecule has 16 heavy (non-hydrogen) atoms. The van der Waals surface area contributed by atoms with Crippen molar-refractivity contribution in [1.29, 1.82) is 0 Å². The third-order valence-corrected chi connectivity index (χ3v) is 3.33. The first-order chi connectivity index (χ1) is 7.67. The van der Waals surface area contributed by atoms with E-state index in [2.05, 4.69) is 30.0 Å². The molecule has 1 aliphatic rings. The fraction of sp³-hybridized carbons (Fsp3) is 0.462. The summed E-state index contributed by atoms with van der Waals surface area (Å²) >= 11 is 0. The zero-order valence-electron chi connectivity index (χ0n) is 9.86. The third-order valence-electron chi connectivity index (χ3n) is 3.33. The summed E-state index contributed by atoms with van der Waals surface area (Å²) in [5.74, 6) is 0.107. The van der Waals surface area contributed by atoms with Crippen LogP contribution in [-0.2, 0) is 11.2 Å². The van der Waals surface area contributed by atoms with Crippen LogP contribution < -0.4 is 10.6 Å². The molecule has 0 saturated heterocycles. The number of carbonyl (C=O) groups excluding carboxylic acids is 1. The molecule has 1 aliphatic heterocycles. The lowest BCUT2D eigenvalue weighted by molar-refractivity contribution is -0.118. The van der Waals surface area contributed by atoms with E-state index >= 15 is 0 Å². The third kappa shape index (κ3) is 1.71. The average Bonchev–Trinajstić information content (AvgIpc) is 2.65. The molecule has 0 bridgehead atoms. The fourth-order valence-corrected chi connectivity index (χ4v) is 2.34. The Hall–Kier alpha value is -1.35. The normalized spacial score (nSPS) is 18.7. The van der Waals surface area contributed by atoms with Crippen molar-refractivity contribution in [2.75, 3.05) is 25.0 Å². The summed E-state index contributed by atoms with van der Waals surface area (Å²) in [6.07, 6.45) is 1.00. The summed E-state index contributed by atoms with van der Waals surface area (Å²) in [6, 6.07) is 6.39. The zero-order chi connectivity index (χ0) is 11.7. The van der Waals surface area contributed by atoms with Crippen LogP contribution in [0.4, 0.5) is 5.69 Å². The van der Waals surface area contributed by atoms with E-state index in [1.807, 2.05) is 7.05 Å². The number of Topliss-reactive ketones (excluding diaryl/α,β-unsaturated/α-hetero) is 1. The van der Waals surface area contributed by atoms with Gasteiger partial charge < -0.3 is 10.6 Å². The number of ketones is 1. The Morgan fingerprint density at radius 3 is 2.94 bits per heavy atom. The lowest BCUT2D eigenvalue weighted by Gasteiger charge is -2.11. The number of fused-ring (bicyclic) bond motifs is 1. The zero-order valence-corrected chi connectivity index (χ0v) is 9.86. The molecule has 3 nitrogen and oxygen atoms in total. The molecule has 1 unspecified atom stereocenters. The molecule has 1 aromatic rings. The van der Waals surface area contributed by atoms with E-state index in [4.69, 9.17) is 5.73 Å². The highest BCUT2D eigenvalue weighted by Gasteiger charge is 2.30. The average molecular weight is 218 g/mol. The molecule has 0 saturated carbocycles. The first-order valence-electron chi connectivity index (χ1n) is 5.74. The minimum Gasteiger partial charge on any atom is -0.373 e. The smallest absolute Gasteiger partial charge is 0.155 e. The number of hydrogen-bond donors (Lipinski definition) is 1. The minimum atomic E-state index is -0.0310. The van der Waals surface area contributed by atoms with Crippen molar-refractivity contribution in [3.63, 3.8) is 0 Å². The predicted molar refractivity (Wildman–Crippen MR) is 65.9 cm³/mol. The van der Waals surface area contributed by atoms with Gasteiger partial charge in [-0.25, -0.2) is 0 Å². The maximum Gasteiger partial charge on any atom is 0.155 e. The summed E-state index contributed by atoms with van der Waals surface area (Å²) in [5.41, 5.74) is 9.06. The van der Waals surface area contributed by atoms with Crippen LogP contribution in [-0.4, -0.2) is 25.9 Å². The molecule has 0 radical (unpaired) electrons. The molecule has 3 heteroatoms. The highest BCUT2D eigenvalue weighted by atomic mass is 16.1. The van der Waals surface area contributed by atoms with E-state index in [1.165, 1.54) is 11.3 Å². The number of aryl methyl sites for hydroxylation is 1. The number of nitrogens with zero attached hydrogens (tertiary/aromatic N) is 1. The lowest BCUT2D eigenvalue weighted by Crippen LogP contribution is -2.25. The molecule has 0 aromatic heterocycles. The Morgan fingerprint density at radius 2 is 2.31 bits per heavy atom. The van der Waals surface area contributed by atoms with Gasteiger partial charge in [0.2, 0.25) is 0 Å². The van der Waals surface area contributed by atoms with Gasteiger partial charge in [0.15, 0.2) is 5.78 Å². The van der Waals surface area contributed by atoms with Gasteiger partial charge in [-0.05, 0) is 23.6 Å². The largest absolute Gasteiger partial charge is 0.373 e. The van der Waals surface area contributed by atoms with Gasteiger partial charge in [0.25, 0.3) is 0 Å². The Balaban J connectivity index is 2.42. The van der Waals surface area contributed by atoms with E-state index in [0.717, 1.165) is 18.5 Å². The number of hydrogen-bond acceptors (Lipinski definition) is 3. The second-order valence-electron chi connectivity index (χ2n) is 4.35. The van der Waals surface area contributed by atoms with Gasteiger partial charge in [-0.15, -0.1) is 0 Å². The quantitative estimate of drug-likeness (QED) is 0.832. The van der Waals surface area contributed by atoms with Crippen molar-refractivity contribution < 1.29 is 4.79 Å². The Kier molecular flexibility index (Phi) is 2.97. The van der Waals surface area contributed by atoms with Crippen molar-refractivity contribution in [3.05, 3.63) is 29.3 Å². The number of rotatable bonds is 3. The van der Waals surface area contributed by atoms with E-state index in [0.29, 0.717) is 0 Å². The van der Waals surface area contributed by atoms with E-state index in [1.54, 1.807) is 0 Å². The molecule has 0 fully saturated rings. The van der Waals surface area contributed by atoms with Crippen LogP contribution in [0, 0.1) is 0 Å². The van der Waals surface area contributed by atoms with Crippen molar-refractivity contribution in [2.24, 2.45) is 5.73 Å². The van der Waals surface area contributed by atoms with Crippen molar-refractivity contribution in [3.8, 4) is 0 Å². The Bertz CT molecular complexity index is 414. The molecule has 2 rings (SSSR count). The van der Waals surface area contributed by atoms with Crippen LogP contribution in [0.25, 0.3) is 0 Å². The molecule has 1 heterocycles. The second kappa shape index (κ2) is 4.26. The van der Waals surface area contributed by atoms with Crippen LogP contribution in [0.15, 0.2) is 18.2 Å². The molecule has 1 aromatic carbocycles. The topological polar surface area (TPSA) is 46.3 Å². The number of nitrogens with two attached hydrogens (primary N) is 1. The number of anilines is 1. The minimum absolute atomic E-state index is 0.0310. The van der Waals surface area contributed by atoms with Crippen molar-refractivity contribution in [1.82, 2.24) is 0 Å². The monoisotopic (exact) mass is 218 g/mol. The van der Waals surface area contributed by atoms with Crippen LogP contribution in [0.1, 0.15) is 24.0 Å². The molecular formula is C13H18N2O. The number of carbonyl (C=O) groups is 1. The fourth-order valence-electron chi connectivity index (χ4n) is 2.34. The van der Waals surface area contributed by atoms with E-state index in [-0.39, 0.29) is 18.2 Å². The summed E-state index contributed by atoms with van der Waals surface area (Å²) in [7, 11) is 2.02.